The topological polar surface area (TPSA) is 77.5 Å². The Labute approximate surface area is 159 Å². The molecule has 150 valence electrons. The highest BCUT2D eigenvalue weighted by molar-refractivity contribution is 5.85. The Kier molecular flexibility index (Phi) is 6.97. The van der Waals surface area contributed by atoms with Crippen LogP contribution >= 0.6 is 0 Å². The second kappa shape index (κ2) is 9.20. The minimum absolute atomic E-state index is 0.141. The average molecular weight is 396 g/mol. The molecule has 0 aliphatic heterocycles. The van der Waals surface area contributed by atoms with Crippen LogP contribution in [0.1, 0.15) is 16.7 Å². The standard InChI is InChI=1S/C19H19F3N2O4/c1-27-17-8-5-13(11-23-17)9-15(18(26)28-2)24-16(25)10-12-3-6-14(7-4-12)19(20,21)22/h3-8,11,15H,9-10H2,1-2H3,(H,24,25)/t15-/m1/s1. The maximum Gasteiger partial charge on any atom is 0.416 e. The predicted octanol–water partition coefficient (Wildman–Crippen LogP) is 2.55. The predicted molar refractivity (Wildman–Crippen MR) is 93.6 cm³/mol. The van der Waals surface area contributed by atoms with E-state index in [0.717, 1.165) is 12.1 Å². The van der Waals surface area contributed by atoms with Crippen LogP contribution in [-0.2, 0) is 33.3 Å². The Balaban J connectivity index is 2.02. The number of pyridine rings is 1. The van der Waals surface area contributed by atoms with Crippen LogP contribution in [0.25, 0.3) is 0 Å². The van der Waals surface area contributed by atoms with Crippen molar-refractivity contribution in [3.8, 4) is 5.88 Å². The molecular formula is C19H19F3N2O4. The quantitative estimate of drug-likeness (QED) is 0.728. The molecule has 0 saturated carbocycles. The number of benzene rings is 1. The monoisotopic (exact) mass is 396 g/mol. The van der Waals surface area contributed by atoms with E-state index in [0.29, 0.717) is 17.0 Å². The number of aromatic nitrogens is 1. The Morgan fingerprint density at radius 3 is 2.21 bits per heavy atom. The lowest BCUT2D eigenvalue weighted by Gasteiger charge is -2.17. The van der Waals surface area contributed by atoms with Gasteiger partial charge in [0.25, 0.3) is 0 Å². The van der Waals surface area contributed by atoms with Gasteiger partial charge in [0.15, 0.2) is 0 Å². The molecule has 28 heavy (non-hydrogen) atoms. The number of nitrogens with zero attached hydrogens (tertiary/aromatic N) is 1. The lowest BCUT2D eigenvalue weighted by atomic mass is 10.1. The fourth-order valence-corrected chi connectivity index (χ4v) is 2.47. The minimum atomic E-state index is -4.44. The van der Waals surface area contributed by atoms with Gasteiger partial charge in [0.2, 0.25) is 11.8 Å². The molecule has 1 amide bonds. The second-order valence-corrected chi connectivity index (χ2v) is 5.93. The zero-order valence-corrected chi connectivity index (χ0v) is 15.2. The molecule has 0 saturated heterocycles. The first-order valence-corrected chi connectivity index (χ1v) is 8.25. The summed E-state index contributed by atoms with van der Waals surface area (Å²) in [4.78, 5) is 28.2. The van der Waals surface area contributed by atoms with Gasteiger partial charge in [0, 0.05) is 18.7 Å². The van der Waals surface area contributed by atoms with Gasteiger partial charge in [-0.2, -0.15) is 13.2 Å². The number of amides is 1. The van der Waals surface area contributed by atoms with Crippen LogP contribution < -0.4 is 10.1 Å². The van der Waals surface area contributed by atoms with Crippen molar-refractivity contribution in [2.75, 3.05) is 14.2 Å². The van der Waals surface area contributed by atoms with Crippen molar-refractivity contribution in [1.82, 2.24) is 10.3 Å². The SMILES string of the molecule is COC(=O)[C@@H](Cc1ccc(OC)nc1)NC(=O)Cc1ccc(C(F)(F)F)cc1. The van der Waals surface area contributed by atoms with Crippen LogP contribution in [0.3, 0.4) is 0 Å². The number of methoxy groups -OCH3 is 2. The molecule has 1 aromatic carbocycles. The summed E-state index contributed by atoms with van der Waals surface area (Å²) in [6.45, 7) is 0. The van der Waals surface area contributed by atoms with Gasteiger partial charge < -0.3 is 14.8 Å². The van der Waals surface area contributed by atoms with Crippen molar-refractivity contribution in [3.05, 3.63) is 59.3 Å². The van der Waals surface area contributed by atoms with Gasteiger partial charge in [0.1, 0.15) is 6.04 Å². The first-order valence-electron chi connectivity index (χ1n) is 8.25. The van der Waals surface area contributed by atoms with E-state index in [1.54, 1.807) is 12.1 Å². The molecule has 0 fully saturated rings. The fourth-order valence-electron chi connectivity index (χ4n) is 2.47. The Morgan fingerprint density at radius 2 is 1.71 bits per heavy atom. The largest absolute Gasteiger partial charge is 0.481 e. The fraction of sp³-hybridized carbons (Fsp3) is 0.316. The van der Waals surface area contributed by atoms with Crippen molar-refractivity contribution in [2.24, 2.45) is 0 Å². The van der Waals surface area contributed by atoms with Crippen LogP contribution in [0.15, 0.2) is 42.6 Å². The van der Waals surface area contributed by atoms with Gasteiger partial charge >= 0.3 is 12.1 Å². The summed E-state index contributed by atoms with van der Waals surface area (Å²) in [5, 5.41) is 2.54. The van der Waals surface area contributed by atoms with E-state index in [1.165, 1.54) is 32.5 Å². The number of carbonyl (C=O) groups is 2. The molecule has 6 nitrogen and oxygen atoms in total. The Morgan fingerprint density at radius 1 is 1.07 bits per heavy atom. The lowest BCUT2D eigenvalue weighted by molar-refractivity contribution is -0.145. The molecule has 0 bridgehead atoms. The maximum absolute atomic E-state index is 12.6. The molecule has 0 spiro atoms. The van der Waals surface area contributed by atoms with E-state index >= 15 is 0 Å². The summed E-state index contributed by atoms with van der Waals surface area (Å²) in [6, 6.07) is 6.62. The first-order chi connectivity index (χ1) is 13.2. The minimum Gasteiger partial charge on any atom is -0.481 e. The van der Waals surface area contributed by atoms with Gasteiger partial charge in [-0.15, -0.1) is 0 Å². The third-order valence-electron chi connectivity index (χ3n) is 3.91. The number of hydrogen-bond acceptors (Lipinski definition) is 5. The number of alkyl halides is 3. The molecule has 2 aromatic rings. The molecule has 0 radical (unpaired) electrons. The van der Waals surface area contributed by atoms with Crippen molar-refractivity contribution >= 4 is 11.9 Å². The summed E-state index contributed by atoms with van der Waals surface area (Å²) in [5.74, 6) is -0.752. The molecular weight excluding hydrogens is 377 g/mol. The highest BCUT2D eigenvalue weighted by Crippen LogP contribution is 2.29. The number of ether oxygens (including phenoxy) is 2. The maximum atomic E-state index is 12.6. The molecule has 2 rings (SSSR count). The third-order valence-corrected chi connectivity index (χ3v) is 3.91. The number of halogens is 3. The number of carbonyl (C=O) groups excluding carboxylic acids is 2. The zero-order chi connectivity index (χ0) is 20.7. The Bertz CT molecular complexity index is 805. The lowest BCUT2D eigenvalue weighted by Crippen LogP contribution is -2.43. The molecule has 1 atom stereocenters. The number of hydrogen-bond donors (Lipinski definition) is 1. The van der Waals surface area contributed by atoms with Crippen molar-refractivity contribution < 1.29 is 32.2 Å². The van der Waals surface area contributed by atoms with Crippen molar-refractivity contribution in [1.29, 1.82) is 0 Å². The molecule has 1 heterocycles. The summed E-state index contributed by atoms with van der Waals surface area (Å²) in [6.07, 6.45) is -2.96. The van der Waals surface area contributed by atoms with Gasteiger partial charge in [-0.1, -0.05) is 18.2 Å². The molecule has 0 unspecified atom stereocenters. The van der Waals surface area contributed by atoms with Crippen LogP contribution in [0, 0.1) is 0 Å². The summed E-state index contributed by atoms with van der Waals surface area (Å²) < 4.78 is 47.4. The average Bonchev–Trinajstić information content (AvgIpc) is 2.67. The van der Waals surface area contributed by atoms with E-state index in [-0.39, 0.29) is 12.8 Å². The highest BCUT2D eigenvalue weighted by Gasteiger charge is 2.30. The van der Waals surface area contributed by atoms with Crippen LogP contribution in [0.2, 0.25) is 0 Å². The van der Waals surface area contributed by atoms with E-state index in [4.69, 9.17) is 9.47 Å². The second-order valence-electron chi connectivity index (χ2n) is 5.93. The van der Waals surface area contributed by atoms with E-state index in [2.05, 4.69) is 10.3 Å². The molecule has 9 heteroatoms. The highest BCUT2D eigenvalue weighted by atomic mass is 19.4. The Hall–Kier alpha value is -3.10. The number of esters is 1. The van der Waals surface area contributed by atoms with Gasteiger partial charge in [0.05, 0.1) is 26.2 Å². The zero-order valence-electron chi connectivity index (χ0n) is 15.2. The number of rotatable bonds is 7. The summed E-state index contributed by atoms with van der Waals surface area (Å²) >= 11 is 0. The third kappa shape index (κ3) is 5.97. The molecule has 0 aliphatic carbocycles. The summed E-state index contributed by atoms with van der Waals surface area (Å²) in [5.41, 5.74) is 0.266. The normalized spacial score (nSPS) is 12.2. The molecule has 1 aromatic heterocycles. The van der Waals surface area contributed by atoms with Gasteiger partial charge in [-0.3, -0.25) is 4.79 Å². The van der Waals surface area contributed by atoms with Crippen LogP contribution in [-0.4, -0.2) is 37.1 Å². The number of nitrogens with one attached hydrogen (secondary N) is 1. The van der Waals surface area contributed by atoms with E-state index in [1.807, 2.05) is 0 Å². The first kappa shape index (κ1) is 21.2. The van der Waals surface area contributed by atoms with Crippen molar-refractivity contribution in [2.45, 2.75) is 25.1 Å². The molecule has 0 aliphatic rings. The van der Waals surface area contributed by atoms with Gasteiger partial charge in [-0.05, 0) is 23.3 Å². The molecule has 1 N–H and O–H groups in total. The summed E-state index contributed by atoms with van der Waals surface area (Å²) in [7, 11) is 2.67. The van der Waals surface area contributed by atoms with Gasteiger partial charge in [-0.25, -0.2) is 9.78 Å². The van der Waals surface area contributed by atoms with Crippen LogP contribution in [0.4, 0.5) is 13.2 Å². The smallest absolute Gasteiger partial charge is 0.416 e. The van der Waals surface area contributed by atoms with Crippen LogP contribution in [0.5, 0.6) is 5.88 Å². The van der Waals surface area contributed by atoms with E-state index in [9.17, 15) is 22.8 Å². The van der Waals surface area contributed by atoms with Crippen molar-refractivity contribution in [3.63, 3.8) is 0 Å². The van der Waals surface area contributed by atoms with E-state index < -0.39 is 29.7 Å².